The number of amides is 1. The minimum atomic E-state index is -1.05. The van der Waals surface area contributed by atoms with E-state index in [0.29, 0.717) is 12.0 Å². The van der Waals surface area contributed by atoms with Gasteiger partial charge in [-0.3, -0.25) is 14.8 Å². The van der Waals surface area contributed by atoms with Crippen molar-refractivity contribution in [2.24, 2.45) is 5.73 Å². The van der Waals surface area contributed by atoms with Crippen LogP contribution in [-0.4, -0.2) is 27.5 Å². The van der Waals surface area contributed by atoms with E-state index in [1.807, 2.05) is 47.6 Å². The number of fused-ring (bicyclic) bond motifs is 1. The fraction of sp³-hybridized carbons (Fsp3) is 0.208. The summed E-state index contributed by atoms with van der Waals surface area (Å²) in [6, 6.07) is 12.1. The second-order valence-electron chi connectivity index (χ2n) is 7.69. The first kappa shape index (κ1) is 18.7. The molecule has 6 heteroatoms. The van der Waals surface area contributed by atoms with E-state index in [1.165, 1.54) is 0 Å². The van der Waals surface area contributed by atoms with Gasteiger partial charge in [0.1, 0.15) is 6.23 Å². The van der Waals surface area contributed by atoms with E-state index in [1.54, 1.807) is 6.20 Å². The predicted molar refractivity (Wildman–Crippen MR) is 115 cm³/mol. The van der Waals surface area contributed by atoms with E-state index in [4.69, 9.17) is 5.73 Å². The van der Waals surface area contributed by atoms with Crippen LogP contribution in [0.1, 0.15) is 41.5 Å². The summed E-state index contributed by atoms with van der Waals surface area (Å²) in [5, 5.41) is 9.70. The Morgan fingerprint density at radius 1 is 1.03 bits per heavy atom. The summed E-state index contributed by atoms with van der Waals surface area (Å²) in [6.45, 7) is 0.788. The van der Waals surface area contributed by atoms with Crippen molar-refractivity contribution in [3.63, 3.8) is 0 Å². The minimum Gasteiger partial charge on any atom is -0.374 e. The van der Waals surface area contributed by atoms with Gasteiger partial charge in [-0.1, -0.05) is 18.2 Å². The molecule has 1 aliphatic carbocycles. The molecule has 5 rings (SSSR count). The Hall–Kier alpha value is -3.35. The fourth-order valence-electron chi connectivity index (χ4n) is 4.15. The fourth-order valence-corrected chi connectivity index (χ4v) is 4.15. The number of anilines is 1. The van der Waals surface area contributed by atoms with Gasteiger partial charge >= 0.3 is 0 Å². The van der Waals surface area contributed by atoms with Gasteiger partial charge < -0.3 is 15.7 Å². The van der Waals surface area contributed by atoms with E-state index < -0.39 is 6.23 Å². The lowest BCUT2D eigenvalue weighted by Gasteiger charge is -2.16. The van der Waals surface area contributed by atoms with Gasteiger partial charge in [0.05, 0.1) is 5.69 Å². The number of aliphatic hydroxyl groups excluding tert-OH is 1. The Balaban J connectivity index is 1.45. The van der Waals surface area contributed by atoms with E-state index in [-0.39, 0.29) is 5.91 Å². The first-order valence-electron chi connectivity index (χ1n) is 10.1. The Labute approximate surface area is 174 Å². The van der Waals surface area contributed by atoms with Crippen molar-refractivity contribution in [1.82, 2.24) is 9.97 Å². The van der Waals surface area contributed by atoms with E-state index >= 15 is 0 Å². The number of pyridine rings is 2. The Kier molecular flexibility index (Phi) is 4.65. The molecule has 1 aliphatic heterocycles. The van der Waals surface area contributed by atoms with E-state index in [0.717, 1.165) is 58.6 Å². The number of hydrogen-bond acceptors (Lipinski definition) is 5. The van der Waals surface area contributed by atoms with Gasteiger partial charge in [-0.15, -0.1) is 0 Å². The smallest absolute Gasteiger partial charge is 0.227 e. The minimum absolute atomic E-state index is 0.189. The number of aromatic nitrogens is 2. The molecular formula is C24H22N4O2. The SMILES string of the molecule is NC(O)c1cnc2c(c1)C(c1cncc(-c3ccc(N4CCCC4=O)cc3)c1)=CC2. The van der Waals surface area contributed by atoms with Crippen LogP contribution >= 0.6 is 0 Å². The number of nitrogens with two attached hydrogens (primary N) is 1. The summed E-state index contributed by atoms with van der Waals surface area (Å²) >= 11 is 0. The molecule has 30 heavy (non-hydrogen) atoms. The highest BCUT2D eigenvalue weighted by molar-refractivity contribution is 5.95. The molecule has 0 radical (unpaired) electrons. The quantitative estimate of drug-likeness (QED) is 0.659. The highest BCUT2D eigenvalue weighted by Crippen LogP contribution is 2.34. The molecule has 3 N–H and O–H groups in total. The van der Waals surface area contributed by atoms with Crippen LogP contribution in [0.5, 0.6) is 0 Å². The Morgan fingerprint density at radius 2 is 1.83 bits per heavy atom. The largest absolute Gasteiger partial charge is 0.374 e. The molecule has 1 unspecified atom stereocenters. The van der Waals surface area contributed by atoms with E-state index in [9.17, 15) is 9.90 Å². The zero-order valence-electron chi connectivity index (χ0n) is 16.5. The summed E-state index contributed by atoms with van der Waals surface area (Å²) < 4.78 is 0. The van der Waals surface area contributed by atoms with Crippen molar-refractivity contribution in [3.05, 3.63) is 83.4 Å². The molecule has 1 atom stereocenters. The lowest BCUT2D eigenvalue weighted by molar-refractivity contribution is -0.117. The molecular weight excluding hydrogens is 376 g/mol. The molecule has 1 saturated heterocycles. The lowest BCUT2D eigenvalue weighted by atomic mass is 9.98. The molecule has 0 saturated carbocycles. The van der Waals surface area contributed by atoms with Crippen LogP contribution in [0.4, 0.5) is 5.69 Å². The number of aliphatic hydroxyl groups is 1. The molecule has 1 aromatic carbocycles. The zero-order valence-corrected chi connectivity index (χ0v) is 16.5. The first-order chi connectivity index (χ1) is 14.6. The van der Waals surface area contributed by atoms with Gasteiger partial charge in [0.2, 0.25) is 5.91 Å². The molecule has 2 aromatic heterocycles. The molecule has 150 valence electrons. The highest BCUT2D eigenvalue weighted by Gasteiger charge is 2.22. The molecule has 3 aromatic rings. The molecule has 0 spiro atoms. The van der Waals surface area contributed by atoms with Gasteiger partial charge in [0.25, 0.3) is 0 Å². The van der Waals surface area contributed by atoms with Crippen LogP contribution in [0.2, 0.25) is 0 Å². The van der Waals surface area contributed by atoms with Gasteiger partial charge in [-0.05, 0) is 41.8 Å². The van der Waals surface area contributed by atoms with Crippen molar-refractivity contribution < 1.29 is 9.90 Å². The monoisotopic (exact) mass is 398 g/mol. The summed E-state index contributed by atoms with van der Waals surface area (Å²) in [5.41, 5.74) is 13.2. The molecule has 6 nitrogen and oxygen atoms in total. The van der Waals surface area contributed by atoms with Crippen molar-refractivity contribution in [1.29, 1.82) is 0 Å². The number of benzene rings is 1. The topological polar surface area (TPSA) is 92.3 Å². The van der Waals surface area contributed by atoms with Crippen LogP contribution in [0, 0.1) is 0 Å². The maximum Gasteiger partial charge on any atom is 0.227 e. The number of nitrogens with zero attached hydrogens (tertiary/aromatic N) is 3. The number of rotatable bonds is 4. The van der Waals surface area contributed by atoms with Crippen molar-refractivity contribution in [2.75, 3.05) is 11.4 Å². The number of allylic oxidation sites excluding steroid dienone is 1. The highest BCUT2D eigenvalue weighted by atomic mass is 16.3. The third-order valence-electron chi connectivity index (χ3n) is 5.76. The second-order valence-corrected chi connectivity index (χ2v) is 7.69. The summed E-state index contributed by atoms with van der Waals surface area (Å²) in [4.78, 5) is 22.7. The maximum absolute atomic E-state index is 12.0. The molecule has 3 heterocycles. The third-order valence-corrected chi connectivity index (χ3v) is 5.76. The number of carbonyl (C=O) groups is 1. The standard InChI is InChI=1S/C24H22N4O2/c25-24(30)18-11-21-20(7-8-22(21)27-14-18)17-10-16(12-26-13-17)15-3-5-19(6-4-15)28-9-1-2-23(28)29/h3-7,10-14,24,30H,1-2,8-9,25H2. The summed E-state index contributed by atoms with van der Waals surface area (Å²) in [5.74, 6) is 0.189. The maximum atomic E-state index is 12.0. The summed E-state index contributed by atoms with van der Waals surface area (Å²) in [6.07, 6.45) is 8.68. The van der Waals surface area contributed by atoms with Gasteiger partial charge in [-0.2, -0.15) is 0 Å². The van der Waals surface area contributed by atoms with E-state index in [2.05, 4.69) is 22.1 Å². The predicted octanol–water partition coefficient (Wildman–Crippen LogP) is 3.21. The van der Waals surface area contributed by atoms with Crippen LogP contribution in [0.25, 0.3) is 16.7 Å². The van der Waals surface area contributed by atoms with Gasteiger partial charge in [0.15, 0.2) is 0 Å². The zero-order chi connectivity index (χ0) is 20.7. The molecule has 1 amide bonds. The van der Waals surface area contributed by atoms with Crippen LogP contribution in [-0.2, 0) is 11.2 Å². The lowest BCUT2D eigenvalue weighted by Crippen LogP contribution is -2.23. The van der Waals surface area contributed by atoms with Crippen LogP contribution < -0.4 is 10.6 Å². The molecule has 1 fully saturated rings. The van der Waals surface area contributed by atoms with Crippen LogP contribution in [0.3, 0.4) is 0 Å². The Bertz CT molecular complexity index is 1150. The van der Waals surface area contributed by atoms with Crippen molar-refractivity contribution in [2.45, 2.75) is 25.5 Å². The van der Waals surface area contributed by atoms with Gasteiger partial charge in [-0.25, -0.2) is 0 Å². The third kappa shape index (κ3) is 3.30. The molecule has 0 bridgehead atoms. The molecule has 2 aliphatic rings. The number of hydrogen-bond donors (Lipinski definition) is 2. The van der Waals surface area contributed by atoms with Crippen molar-refractivity contribution >= 4 is 17.2 Å². The second kappa shape index (κ2) is 7.48. The Morgan fingerprint density at radius 3 is 2.57 bits per heavy atom. The van der Waals surface area contributed by atoms with Crippen LogP contribution in [0.15, 0.2) is 61.1 Å². The average Bonchev–Trinajstić information content (AvgIpc) is 3.39. The normalized spacial score (nSPS) is 16.5. The van der Waals surface area contributed by atoms with Crippen molar-refractivity contribution in [3.8, 4) is 11.1 Å². The number of carbonyl (C=O) groups excluding carboxylic acids is 1. The van der Waals surface area contributed by atoms with Gasteiger partial charge in [0, 0.05) is 65.9 Å². The summed E-state index contributed by atoms with van der Waals surface area (Å²) in [7, 11) is 0. The average molecular weight is 398 g/mol. The first-order valence-corrected chi connectivity index (χ1v) is 10.1.